The molecule has 194 valence electrons. The summed E-state index contributed by atoms with van der Waals surface area (Å²) in [7, 11) is 0. The second-order valence-corrected chi connectivity index (χ2v) is 11.3. The van der Waals surface area contributed by atoms with Crippen molar-refractivity contribution in [1.29, 1.82) is 0 Å². The topological polar surface area (TPSA) is 48.4 Å². The molecule has 0 aromatic rings. The molecule has 6 heteroatoms. The van der Waals surface area contributed by atoms with Crippen molar-refractivity contribution < 1.29 is 9.53 Å². The van der Waals surface area contributed by atoms with E-state index < -0.39 is 5.60 Å². The minimum absolute atomic E-state index is 0.174. The van der Waals surface area contributed by atoms with Gasteiger partial charge in [-0.15, -0.1) is 0 Å². The maximum absolute atomic E-state index is 12.4. The van der Waals surface area contributed by atoms with Crippen LogP contribution in [0.25, 0.3) is 0 Å². The quantitative estimate of drug-likeness (QED) is 0.303. The number of aliphatic imine (C=N–C) groups is 1. The van der Waals surface area contributed by atoms with E-state index in [1.807, 2.05) is 25.7 Å². The second-order valence-electron chi connectivity index (χ2n) is 11.3. The van der Waals surface area contributed by atoms with Gasteiger partial charge in [0.2, 0.25) is 0 Å². The number of likely N-dealkylation sites (tertiary alicyclic amines) is 3. The smallest absolute Gasteiger partial charge is 0.410 e. The molecule has 3 fully saturated rings. The molecule has 3 rings (SSSR count). The summed E-state index contributed by atoms with van der Waals surface area (Å²) in [5, 5.41) is 0. The van der Waals surface area contributed by atoms with E-state index >= 15 is 0 Å². The lowest BCUT2D eigenvalue weighted by molar-refractivity contribution is 0.000343. The molecule has 0 bridgehead atoms. The number of carbonyl (C=O) groups excluding carboxylic acids is 1. The highest BCUT2D eigenvalue weighted by atomic mass is 16.6. The lowest BCUT2D eigenvalue weighted by Gasteiger charge is -2.47. The van der Waals surface area contributed by atoms with Gasteiger partial charge in [-0.1, -0.05) is 24.8 Å². The first-order valence-electron chi connectivity index (χ1n) is 13.5. The van der Waals surface area contributed by atoms with Crippen LogP contribution in [-0.4, -0.2) is 78.9 Å². The monoisotopic (exact) mass is 482 g/mol. The van der Waals surface area contributed by atoms with Crippen molar-refractivity contribution in [3.63, 3.8) is 0 Å². The number of ether oxygens (including phenoxy) is 1. The van der Waals surface area contributed by atoms with Crippen molar-refractivity contribution in [2.24, 2.45) is 10.4 Å². The van der Waals surface area contributed by atoms with Gasteiger partial charge in [-0.2, -0.15) is 0 Å². The van der Waals surface area contributed by atoms with Crippen LogP contribution in [0.4, 0.5) is 4.79 Å². The Morgan fingerprint density at radius 2 is 1.54 bits per heavy atom. The Morgan fingerprint density at radius 3 is 2.06 bits per heavy atom. The van der Waals surface area contributed by atoms with Crippen LogP contribution in [0.3, 0.4) is 0 Å². The summed E-state index contributed by atoms with van der Waals surface area (Å²) in [6.45, 7) is 18.4. The maximum atomic E-state index is 12.4. The van der Waals surface area contributed by atoms with E-state index in [1.165, 1.54) is 31.4 Å². The lowest BCUT2D eigenvalue weighted by Crippen LogP contribution is -2.48. The van der Waals surface area contributed by atoms with E-state index in [1.54, 1.807) is 0 Å². The van der Waals surface area contributed by atoms with Crippen LogP contribution in [-0.2, 0) is 4.74 Å². The predicted molar refractivity (Wildman–Crippen MR) is 144 cm³/mol. The molecular weight excluding hydrogens is 436 g/mol. The molecule has 1 spiro atoms. The molecule has 0 aromatic heterocycles. The van der Waals surface area contributed by atoms with Crippen LogP contribution in [0, 0.1) is 17.3 Å². The SMILES string of the molecule is C=N/C(C#CCN1CCCCCC1)=C\C(=C/C)N1CCC2(CCN(C(=O)OC(C)(C)C)CC2)CC1. The van der Waals surface area contributed by atoms with Gasteiger partial charge in [-0.05, 0) is 103 Å². The number of nitrogens with zero attached hydrogens (tertiary/aromatic N) is 4. The van der Waals surface area contributed by atoms with Gasteiger partial charge in [0, 0.05) is 31.9 Å². The third-order valence-electron chi connectivity index (χ3n) is 7.63. The Hall–Kier alpha value is -2.26. The molecule has 3 aliphatic rings. The van der Waals surface area contributed by atoms with Crippen LogP contribution in [0.1, 0.15) is 79.1 Å². The van der Waals surface area contributed by atoms with Gasteiger partial charge in [0.15, 0.2) is 0 Å². The minimum Gasteiger partial charge on any atom is -0.444 e. The number of amides is 1. The van der Waals surface area contributed by atoms with Crippen LogP contribution >= 0.6 is 0 Å². The first kappa shape index (κ1) is 27.3. The van der Waals surface area contributed by atoms with Gasteiger partial charge in [0.05, 0.1) is 6.54 Å². The van der Waals surface area contributed by atoms with Crippen molar-refractivity contribution in [2.45, 2.75) is 84.7 Å². The van der Waals surface area contributed by atoms with Crippen LogP contribution < -0.4 is 0 Å². The maximum Gasteiger partial charge on any atom is 0.410 e. The Morgan fingerprint density at radius 1 is 0.971 bits per heavy atom. The van der Waals surface area contributed by atoms with Gasteiger partial charge in [-0.25, -0.2) is 4.79 Å². The highest BCUT2D eigenvalue weighted by molar-refractivity contribution is 5.68. The van der Waals surface area contributed by atoms with E-state index in [-0.39, 0.29) is 6.09 Å². The van der Waals surface area contributed by atoms with Crippen LogP contribution in [0.2, 0.25) is 0 Å². The third-order valence-corrected chi connectivity index (χ3v) is 7.63. The minimum atomic E-state index is -0.440. The fraction of sp³-hybridized carbons (Fsp3) is 0.724. The van der Waals surface area contributed by atoms with Crippen molar-refractivity contribution in [1.82, 2.24) is 14.7 Å². The lowest BCUT2D eigenvalue weighted by atomic mass is 9.71. The van der Waals surface area contributed by atoms with Crippen molar-refractivity contribution >= 4 is 12.8 Å². The largest absolute Gasteiger partial charge is 0.444 e. The van der Waals surface area contributed by atoms with E-state index in [9.17, 15) is 4.79 Å². The summed E-state index contributed by atoms with van der Waals surface area (Å²) in [5.74, 6) is 6.58. The van der Waals surface area contributed by atoms with Gasteiger partial charge in [-0.3, -0.25) is 9.89 Å². The number of hydrogen-bond acceptors (Lipinski definition) is 5. The number of piperidine rings is 2. The molecule has 0 N–H and O–H groups in total. The van der Waals surface area contributed by atoms with Gasteiger partial charge in [0.1, 0.15) is 11.3 Å². The van der Waals surface area contributed by atoms with Gasteiger partial charge < -0.3 is 14.5 Å². The zero-order valence-electron chi connectivity index (χ0n) is 22.6. The van der Waals surface area contributed by atoms with Crippen LogP contribution in [0.5, 0.6) is 0 Å². The second kappa shape index (κ2) is 12.6. The van der Waals surface area contributed by atoms with Crippen molar-refractivity contribution in [2.75, 3.05) is 45.8 Å². The van der Waals surface area contributed by atoms with Gasteiger partial charge >= 0.3 is 6.09 Å². The van der Waals surface area contributed by atoms with Crippen molar-refractivity contribution in [3.05, 3.63) is 23.5 Å². The van der Waals surface area contributed by atoms with Crippen molar-refractivity contribution in [3.8, 4) is 11.8 Å². The highest BCUT2D eigenvalue weighted by Gasteiger charge is 2.39. The number of allylic oxidation sites excluding steroid dienone is 3. The Balaban J connectivity index is 1.51. The molecule has 3 aliphatic heterocycles. The molecule has 0 radical (unpaired) electrons. The molecule has 6 nitrogen and oxygen atoms in total. The molecule has 3 heterocycles. The fourth-order valence-electron chi connectivity index (χ4n) is 5.38. The first-order chi connectivity index (χ1) is 16.7. The van der Waals surface area contributed by atoms with E-state index in [4.69, 9.17) is 4.74 Å². The number of hydrogen-bond donors (Lipinski definition) is 0. The molecular formula is C29H46N4O2. The summed E-state index contributed by atoms with van der Waals surface area (Å²) < 4.78 is 5.57. The molecule has 0 aliphatic carbocycles. The number of rotatable bonds is 4. The standard InChI is InChI=1S/C29H46N4O2/c1-6-26(24-25(30-5)12-11-19-31-17-9-7-8-10-18-31)32-20-13-29(14-21-32)15-22-33(23-16-29)27(34)35-28(2,3)4/h6,24H,5,7-10,13-23H2,1-4H3/b25-24-,26-6+. The normalized spacial score (nSPS) is 22.3. The number of carbonyl (C=O) groups is 1. The Labute approximate surface area is 213 Å². The molecule has 1 amide bonds. The predicted octanol–water partition coefficient (Wildman–Crippen LogP) is 5.47. The average Bonchev–Trinajstić information content (AvgIpc) is 3.10. The third kappa shape index (κ3) is 8.42. The van der Waals surface area contributed by atoms with Crippen LogP contribution in [0.15, 0.2) is 28.5 Å². The average molecular weight is 483 g/mol. The Kier molecular flexibility index (Phi) is 9.86. The van der Waals surface area contributed by atoms with Gasteiger partial charge in [0.25, 0.3) is 0 Å². The molecule has 3 saturated heterocycles. The molecule has 35 heavy (non-hydrogen) atoms. The molecule has 0 aromatic carbocycles. The zero-order valence-corrected chi connectivity index (χ0v) is 22.6. The molecule has 0 atom stereocenters. The zero-order chi connectivity index (χ0) is 25.3. The highest BCUT2D eigenvalue weighted by Crippen LogP contribution is 2.42. The molecule has 0 saturated carbocycles. The summed E-state index contributed by atoms with van der Waals surface area (Å²) >= 11 is 0. The molecule has 0 unspecified atom stereocenters. The summed E-state index contributed by atoms with van der Waals surface area (Å²) in [5.41, 5.74) is 1.82. The van der Waals surface area contributed by atoms with E-state index in [0.29, 0.717) is 5.41 Å². The van der Waals surface area contributed by atoms with E-state index in [2.05, 4.69) is 52.4 Å². The van der Waals surface area contributed by atoms with E-state index in [0.717, 1.165) is 77.2 Å². The fourth-order valence-corrected chi connectivity index (χ4v) is 5.38. The summed E-state index contributed by atoms with van der Waals surface area (Å²) in [4.78, 5) is 23.4. The summed E-state index contributed by atoms with van der Waals surface area (Å²) in [6.07, 6.45) is 13.7. The first-order valence-corrected chi connectivity index (χ1v) is 13.5. The Bertz CT molecular complexity index is 832. The summed E-state index contributed by atoms with van der Waals surface area (Å²) in [6, 6.07) is 0.